The quantitative estimate of drug-likeness (QED) is 0.675. The van der Waals surface area contributed by atoms with E-state index in [9.17, 15) is 13.7 Å². The number of hydrogen-bond acceptors (Lipinski definition) is 6. The Balaban J connectivity index is 2.45. The van der Waals surface area contributed by atoms with E-state index in [4.69, 9.17) is 22.1 Å². The van der Waals surface area contributed by atoms with Gasteiger partial charge in [-0.25, -0.2) is 8.42 Å². The zero-order valence-electron chi connectivity index (χ0n) is 14.9. The number of rotatable bonds is 5. The third kappa shape index (κ3) is 3.52. The van der Waals surface area contributed by atoms with Crippen LogP contribution in [0.4, 0.5) is 5.82 Å². The molecule has 3 rings (SSSR count). The minimum Gasteiger partial charge on any atom is -0.477 e. The lowest BCUT2D eigenvalue weighted by Crippen LogP contribution is -2.12. The van der Waals surface area contributed by atoms with E-state index in [2.05, 4.69) is 4.98 Å². The highest BCUT2D eigenvalue weighted by molar-refractivity contribution is 7.91. The number of nitriles is 1. The average molecular weight is 414 g/mol. The van der Waals surface area contributed by atoms with E-state index in [-0.39, 0.29) is 39.2 Å². The Labute approximate surface area is 168 Å². The molecule has 2 aromatic carbocycles. The second kappa shape index (κ2) is 7.89. The molecule has 0 amide bonds. The van der Waals surface area contributed by atoms with Gasteiger partial charge in [-0.1, -0.05) is 41.9 Å². The summed E-state index contributed by atoms with van der Waals surface area (Å²) in [6.45, 7) is 1.97. The zero-order valence-corrected chi connectivity index (χ0v) is 16.5. The summed E-state index contributed by atoms with van der Waals surface area (Å²) in [5.41, 5.74) is 6.58. The number of halogens is 1. The molecule has 0 fully saturated rings. The Morgan fingerprint density at radius 2 is 1.89 bits per heavy atom. The predicted octanol–water partition coefficient (Wildman–Crippen LogP) is 4.09. The van der Waals surface area contributed by atoms with Crippen LogP contribution in [0.25, 0.3) is 11.1 Å². The van der Waals surface area contributed by atoms with E-state index in [0.717, 1.165) is 0 Å². The first-order chi connectivity index (χ1) is 13.4. The van der Waals surface area contributed by atoms with E-state index in [1.54, 1.807) is 49.4 Å². The number of anilines is 1. The molecule has 6 nitrogen and oxygen atoms in total. The SMILES string of the molecule is CCOc1nc(N)c(S(=O)(=O)c2ccccc2)c(-c2cccc(Cl)c2)c1C#N. The predicted molar refractivity (Wildman–Crippen MR) is 107 cm³/mol. The van der Waals surface area contributed by atoms with Crippen molar-refractivity contribution >= 4 is 27.3 Å². The van der Waals surface area contributed by atoms with Gasteiger partial charge in [-0.3, -0.25) is 0 Å². The van der Waals surface area contributed by atoms with Crippen LogP contribution in [0.3, 0.4) is 0 Å². The topological polar surface area (TPSA) is 106 Å². The number of nitrogens with zero attached hydrogens (tertiary/aromatic N) is 2. The van der Waals surface area contributed by atoms with Gasteiger partial charge in [-0.05, 0) is 36.8 Å². The van der Waals surface area contributed by atoms with Crippen molar-refractivity contribution in [3.63, 3.8) is 0 Å². The standard InChI is InChI=1S/C20H16ClN3O3S/c1-2-27-20-16(12-22)17(13-7-6-8-14(21)11-13)18(19(23)24-20)28(25,26)15-9-4-3-5-10-15/h3-11H,2H2,1H3,(H2,23,24). The smallest absolute Gasteiger partial charge is 0.234 e. The van der Waals surface area contributed by atoms with Gasteiger partial charge in [-0.15, -0.1) is 0 Å². The largest absolute Gasteiger partial charge is 0.477 e. The van der Waals surface area contributed by atoms with Crippen molar-refractivity contribution in [3.8, 4) is 23.1 Å². The molecule has 0 spiro atoms. The molecule has 0 unspecified atom stereocenters. The molecule has 8 heteroatoms. The number of nitrogens with two attached hydrogens (primary N) is 1. The number of ether oxygens (including phenoxy) is 1. The number of nitrogen functional groups attached to an aromatic ring is 1. The number of pyridine rings is 1. The first kappa shape index (κ1) is 19.7. The van der Waals surface area contributed by atoms with Crippen LogP contribution >= 0.6 is 11.6 Å². The number of aromatic nitrogens is 1. The molecule has 3 aromatic rings. The molecule has 28 heavy (non-hydrogen) atoms. The lowest BCUT2D eigenvalue weighted by molar-refractivity contribution is 0.326. The lowest BCUT2D eigenvalue weighted by atomic mass is 10.0. The number of benzene rings is 2. The molecule has 0 atom stereocenters. The van der Waals surface area contributed by atoms with E-state index in [1.807, 2.05) is 6.07 Å². The molecule has 0 aliphatic carbocycles. The van der Waals surface area contributed by atoms with Gasteiger partial charge < -0.3 is 10.5 Å². The lowest BCUT2D eigenvalue weighted by Gasteiger charge is -2.17. The highest BCUT2D eigenvalue weighted by atomic mass is 35.5. The second-order valence-corrected chi connectivity index (χ2v) is 8.08. The maximum Gasteiger partial charge on any atom is 0.234 e. The van der Waals surface area contributed by atoms with E-state index in [0.29, 0.717) is 10.6 Å². The highest BCUT2D eigenvalue weighted by Crippen LogP contribution is 2.41. The molecule has 1 aromatic heterocycles. The molecule has 0 aliphatic rings. The first-order valence-corrected chi connectivity index (χ1v) is 10.2. The van der Waals surface area contributed by atoms with Gasteiger partial charge in [0.1, 0.15) is 22.3 Å². The zero-order chi connectivity index (χ0) is 20.3. The third-order valence-electron chi connectivity index (χ3n) is 3.97. The minimum atomic E-state index is -4.06. The Hall–Kier alpha value is -3.08. The molecule has 1 heterocycles. The van der Waals surface area contributed by atoms with Crippen molar-refractivity contribution in [2.45, 2.75) is 16.7 Å². The van der Waals surface area contributed by atoms with Crippen LogP contribution in [0.5, 0.6) is 5.88 Å². The van der Waals surface area contributed by atoms with E-state index in [1.165, 1.54) is 12.1 Å². The van der Waals surface area contributed by atoms with Crippen molar-refractivity contribution in [2.24, 2.45) is 0 Å². The molecule has 0 bridgehead atoms. The van der Waals surface area contributed by atoms with Crippen molar-refractivity contribution < 1.29 is 13.2 Å². The van der Waals surface area contributed by atoms with Crippen LogP contribution in [0.1, 0.15) is 12.5 Å². The Morgan fingerprint density at radius 1 is 1.18 bits per heavy atom. The Morgan fingerprint density at radius 3 is 2.50 bits per heavy atom. The maximum absolute atomic E-state index is 13.4. The van der Waals surface area contributed by atoms with Gasteiger partial charge in [-0.2, -0.15) is 10.2 Å². The minimum absolute atomic E-state index is 0.0205. The average Bonchev–Trinajstić information content (AvgIpc) is 2.68. The van der Waals surface area contributed by atoms with Gasteiger partial charge in [0.25, 0.3) is 0 Å². The molecule has 2 N–H and O–H groups in total. The molecule has 0 radical (unpaired) electrons. The summed E-state index contributed by atoms with van der Waals surface area (Å²) in [5, 5.41) is 10.2. The van der Waals surface area contributed by atoms with Crippen LogP contribution in [-0.4, -0.2) is 20.0 Å². The first-order valence-electron chi connectivity index (χ1n) is 8.32. The van der Waals surface area contributed by atoms with Crippen molar-refractivity contribution in [3.05, 3.63) is 65.2 Å². The summed E-state index contributed by atoms with van der Waals surface area (Å²) in [5.74, 6) is -0.272. The molecule has 0 saturated heterocycles. The van der Waals surface area contributed by atoms with Gasteiger partial charge in [0.15, 0.2) is 0 Å². The van der Waals surface area contributed by atoms with Crippen LogP contribution in [0.15, 0.2) is 64.4 Å². The molecular weight excluding hydrogens is 398 g/mol. The number of sulfone groups is 1. The second-order valence-electron chi connectivity index (χ2n) is 5.75. The van der Waals surface area contributed by atoms with Crippen LogP contribution < -0.4 is 10.5 Å². The normalized spacial score (nSPS) is 11.0. The summed E-state index contributed by atoms with van der Waals surface area (Å²) in [4.78, 5) is 3.85. The summed E-state index contributed by atoms with van der Waals surface area (Å²) < 4.78 is 32.2. The Bertz CT molecular complexity index is 1170. The third-order valence-corrected chi connectivity index (χ3v) is 6.05. The fraction of sp³-hybridized carbons (Fsp3) is 0.100. The van der Waals surface area contributed by atoms with Crippen molar-refractivity contribution in [1.29, 1.82) is 5.26 Å². The van der Waals surface area contributed by atoms with Crippen molar-refractivity contribution in [2.75, 3.05) is 12.3 Å². The summed E-state index contributed by atoms with van der Waals surface area (Å²) in [6, 6.07) is 16.4. The van der Waals surface area contributed by atoms with Crippen LogP contribution in [0, 0.1) is 11.3 Å². The molecule has 0 aliphatic heterocycles. The number of hydrogen-bond donors (Lipinski definition) is 1. The molecular formula is C20H16ClN3O3S. The van der Waals surface area contributed by atoms with Gasteiger partial charge in [0.2, 0.25) is 15.7 Å². The maximum atomic E-state index is 13.4. The Kier molecular flexibility index (Phi) is 5.54. The molecule has 142 valence electrons. The van der Waals surface area contributed by atoms with E-state index >= 15 is 0 Å². The van der Waals surface area contributed by atoms with Gasteiger partial charge in [0.05, 0.1) is 11.5 Å². The van der Waals surface area contributed by atoms with E-state index < -0.39 is 9.84 Å². The monoisotopic (exact) mass is 413 g/mol. The highest BCUT2D eigenvalue weighted by Gasteiger charge is 2.30. The fourth-order valence-electron chi connectivity index (χ4n) is 2.82. The summed E-state index contributed by atoms with van der Waals surface area (Å²) in [7, 11) is -4.06. The van der Waals surface area contributed by atoms with Gasteiger partial charge in [0, 0.05) is 10.6 Å². The van der Waals surface area contributed by atoms with Crippen LogP contribution in [-0.2, 0) is 9.84 Å². The van der Waals surface area contributed by atoms with Gasteiger partial charge >= 0.3 is 0 Å². The summed E-state index contributed by atoms with van der Waals surface area (Å²) in [6.07, 6.45) is 0. The summed E-state index contributed by atoms with van der Waals surface area (Å²) >= 11 is 6.10. The molecule has 0 saturated carbocycles. The van der Waals surface area contributed by atoms with Crippen molar-refractivity contribution in [1.82, 2.24) is 4.98 Å². The van der Waals surface area contributed by atoms with Crippen LogP contribution in [0.2, 0.25) is 5.02 Å². The fourth-order valence-corrected chi connectivity index (χ4v) is 4.57.